The van der Waals surface area contributed by atoms with Gasteiger partial charge in [-0.2, -0.15) is 0 Å². The topological polar surface area (TPSA) is 117 Å². The second-order valence-corrected chi connectivity index (χ2v) is 10.4. The molecule has 3 aromatic heterocycles. The first kappa shape index (κ1) is 29.2. The summed E-state index contributed by atoms with van der Waals surface area (Å²) in [4.78, 5) is 40.8. The van der Waals surface area contributed by atoms with Crippen LogP contribution in [0.4, 0.5) is 22.7 Å². The number of anilines is 4. The summed E-state index contributed by atoms with van der Waals surface area (Å²) in [6, 6.07) is 13.0. The van der Waals surface area contributed by atoms with Crippen molar-refractivity contribution in [3.05, 3.63) is 83.7 Å². The van der Waals surface area contributed by atoms with E-state index in [0.717, 1.165) is 29.9 Å². The number of aryl methyl sites for hydroxylation is 4. The summed E-state index contributed by atoms with van der Waals surface area (Å²) in [7, 11) is 9.27. The molecule has 11 heteroatoms. The van der Waals surface area contributed by atoms with E-state index in [-0.39, 0.29) is 17.7 Å². The summed E-state index contributed by atoms with van der Waals surface area (Å²) in [5.41, 5.74) is 5.12. The molecule has 0 fully saturated rings. The number of benzene rings is 1. The maximum absolute atomic E-state index is 13.1. The van der Waals surface area contributed by atoms with Crippen LogP contribution in [0, 0.1) is 6.92 Å². The summed E-state index contributed by atoms with van der Waals surface area (Å²) in [6.45, 7) is 3.46. The lowest BCUT2D eigenvalue weighted by Gasteiger charge is -2.10. The predicted molar refractivity (Wildman–Crippen MR) is 162 cm³/mol. The molecule has 1 aromatic carbocycles. The highest BCUT2D eigenvalue weighted by molar-refractivity contribution is 6.07. The molecule has 4 N–H and O–H groups in total. The maximum atomic E-state index is 13.1. The smallest absolute Gasteiger partial charge is 0.272 e. The second kappa shape index (κ2) is 12.6. The van der Waals surface area contributed by atoms with Gasteiger partial charge in [0.25, 0.3) is 17.7 Å². The van der Waals surface area contributed by atoms with E-state index in [0.29, 0.717) is 35.0 Å². The van der Waals surface area contributed by atoms with E-state index in [1.54, 1.807) is 65.4 Å². The Morgan fingerprint density at radius 3 is 1.76 bits per heavy atom. The number of amides is 3. The van der Waals surface area contributed by atoms with Gasteiger partial charge in [-0.15, -0.1) is 0 Å². The van der Waals surface area contributed by atoms with Crippen molar-refractivity contribution in [1.82, 2.24) is 23.9 Å². The molecule has 0 saturated heterocycles. The van der Waals surface area contributed by atoms with Crippen molar-refractivity contribution in [3.8, 4) is 0 Å². The van der Waals surface area contributed by atoms with E-state index in [1.165, 1.54) is 0 Å². The van der Waals surface area contributed by atoms with Gasteiger partial charge in [0.15, 0.2) is 0 Å². The van der Waals surface area contributed by atoms with Gasteiger partial charge in [0.05, 0.1) is 17.1 Å². The molecule has 11 nitrogen and oxygen atoms in total. The number of para-hydroxylation sites is 1. The average molecular weight is 559 g/mol. The van der Waals surface area contributed by atoms with Gasteiger partial charge in [-0.3, -0.25) is 14.4 Å². The molecule has 0 atom stereocenters. The summed E-state index contributed by atoms with van der Waals surface area (Å²) in [6.07, 6.45) is 6.06. The van der Waals surface area contributed by atoms with Gasteiger partial charge in [0.1, 0.15) is 17.1 Å². The van der Waals surface area contributed by atoms with Crippen LogP contribution in [-0.4, -0.2) is 63.5 Å². The minimum absolute atomic E-state index is 0.200. The minimum atomic E-state index is -0.361. The molecule has 0 aliphatic heterocycles. The normalized spacial score (nSPS) is 11.0. The lowest BCUT2D eigenvalue weighted by Crippen LogP contribution is -2.28. The molecule has 0 radical (unpaired) electrons. The zero-order valence-electron chi connectivity index (χ0n) is 24.4. The Morgan fingerprint density at radius 2 is 1.22 bits per heavy atom. The highest BCUT2D eigenvalue weighted by Crippen LogP contribution is 2.23. The van der Waals surface area contributed by atoms with Crippen molar-refractivity contribution in [2.24, 2.45) is 21.1 Å². The second-order valence-electron chi connectivity index (χ2n) is 10.4. The minimum Gasteiger partial charge on any atom is -0.354 e. The van der Waals surface area contributed by atoms with Crippen LogP contribution in [0.25, 0.3) is 0 Å². The van der Waals surface area contributed by atoms with Crippen LogP contribution < -0.4 is 21.3 Å². The van der Waals surface area contributed by atoms with Crippen molar-refractivity contribution in [3.63, 3.8) is 0 Å². The SMILES string of the molecule is Cc1ccccc1Nc1cc(C(=O)Nc2cc(C(=O)Nc3cc(C(=O)NCCCN(C)C)n(C)c3)n(C)c2)n(C)c1. The largest absolute Gasteiger partial charge is 0.354 e. The fourth-order valence-electron chi connectivity index (χ4n) is 4.52. The van der Waals surface area contributed by atoms with Gasteiger partial charge in [-0.1, -0.05) is 18.2 Å². The number of aromatic nitrogens is 3. The summed E-state index contributed by atoms with van der Waals surface area (Å²) < 4.78 is 5.07. The summed E-state index contributed by atoms with van der Waals surface area (Å²) >= 11 is 0. The molecule has 0 aliphatic carbocycles. The van der Waals surface area contributed by atoms with Crippen molar-refractivity contribution in [1.29, 1.82) is 0 Å². The van der Waals surface area contributed by atoms with Crippen molar-refractivity contribution in [2.75, 3.05) is 43.1 Å². The lowest BCUT2D eigenvalue weighted by molar-refractivity contribution is 0.0942. The molecule has 0 saturated carbocycles. The van der Waals surface area contributed by atoms with Crippen LogP contribution in [0.2, 0.25) is 0 Å². The van der Waals surface area contributed by atoms with Crippen LogP contribution in [0.3, 0.4) is 0 Å². The first-order valence-electron chi connectivity index (χ1n) is 13.4. The number of rotatable bonds is 11. The first-order chi connectivity index (χ1) is 19.5. The maximum Gasteiger partial charge on any atom is 0.272 e. The van der Waals surface area contributed by atoms with E-state index in [2.05, 4.69) is 26.2 Å². The number of carbonyl (C=O) groups excluding carboxylic acids is 3. The third-order valence-corrected chi connectivity index (χ3v) is 6.72. The van der Waals surface area contributed by atoms with Crippen LogP contribution in [-0.2, 0) is 21.1 Å². The van der Waals surface area contributed by atoms with Crippen LogP contribution in [0.5, 0.6) is 0 Å². The van der Waals surface area contributed by atoms with Crippen molar-refractivity contribution < 1.29 is 14.4 Å². The van der Waals surface area contributed by atoms with Crippen LogP contribution in [0.15, 0.2) is 61.1 Å². The van der Waals surface area contributed by atoms with Crippen LogP contribution >= 0.6 is 0 Å². The van der Waals surface area contributed by atoms with Crippen LogP contribution in [0.1, 0.15) is 43.4 Å². The highest BCUT2D eigenvalue weighted by atomic mass is 16.2. The number of nitrogens with one attached hydrogen (secondary N) is 4. The summed E-state index contributed by atoms with van der Waals surface area (Å²) in [5, 5.41) is 12.0. The van der Waals surface area contributed by atoms with Gasteiger partial charge in [-0.25, -0.2) is 0 Å². The molecule has 0 spiro atoms. The van der Waals surface area contributed by atoms with E-state index < -0.39 is 0 Å². The Hall–Kier alpha value is -4.77. The van der Waals surface area contributed by atoms with Gasteiger partial charge in [0.2, 0.25) is 0 Å². The first-order valence-corrected chi connectivity index (χ1v) is 13.4. The predicted octanol–water partition coefficient (Wildman–Crippen LogP) is 3.94. The standard InChI is InChI=1S/C30H38N8O3/c1-20-10-7-8-11-24(20)32-21-14-26(37(5)17-21)29(40)34-23-16-27(38(6)19-23)30(41)33-22-15-25(36(4)18-22)28(39)31-12-9-13-35(2)3/h7-8,10-11,14-19,32H,9,12-13H2,1-6H3,(H,31,39)(H,33,41)(H,34,40). The Balaban J connectivity index is 1.38. The van der Waals surface area contributed by atoms with Gasteiger partial charge >= 0.3 is 0 Å². The quantitative estimate of drug-likeness (QED) is 0.208. The van der Waals surface area contributed by atoms with Gasteiger partial charge in [-0.05, 0) is 63.8 Å². The Morgan fingerprint density at radius 1 is 0.732 bits per heavy atom. The fourth-order valence-corrected chi connectivity index (χ4v) is 4.52. The van der Waals surface area contributed by atoms with E-state index in [1.807, 2.05) is 51.5 Å². The molecule has 0 aliphatic rings. The molecule has 216 valence electrons. The molecule has 3 heterocycles. The van der Waals surface area contributed by atoms with Gasteiger partial charge < -0.3 is 39.9 Å². The third kappa shape index (κ3) is 7.25. The highest BCUT2D eigenvalue weighted by Gasteiger charge is 2.18. The Bertz CT molecular complexity index is 1560. The number of nitrogens with zero attached hydrogens (tertiary/aromatic N) is 4. The van der Waals surface area contributed by atoms with Crippen molar-refractivity contribution in [2.45, 2.75) is 13.3 Å². The molecule has 41 heavy (non-hydrogen) atoms. The van der Waals surface area contributed by atoms with Crippen molar-refractivity contribution >= 4 is 40.5 Å². The molecule has 3 amide bonds. The molecule has 0 bridgehead atoms. The number of hydrogen-bond acceptors (Lipinski definition) is 5. The average Bonchev–Trinajstić information content (AvgIpc) is 3.58. The zero-order chi connectivity index (χ0) is 29.7. The molecular weight excluding hydrogens is 520 g/mol. The molecular formula is C30H38N8O3. The zero-order valence-corrected chi connectivity index (χ0v) is 24.4. The van der Waals surface area contributed by atoms with E-state index >= 15 is 0 Å². The summed E-state index contributed by atoms with van der Waals surface area (Å²) in [5.74, 6) is -0.860. The molecule has 4 rings (SSSR count). The third-order valence-electron chi connectivity index (χ3n) is 6.72. The number of hydrogen-bond donors (Lipinski definition) is 4. The van der Waals surface area contributed by atoms with E-state index in [4.69, 9.17) is 0 Å². The molecule has 0 unspecified atom stereocenters. The lowest BCUT2D eigenvalue weighted by atomic mass is 10.2. The Labute approximate surface area is 240 Å². The molecule has 4 aromatic rings. The monoisotopic (exact) mass is 558 g/mol. The van der Waals surface area contributed by atoms with Gasteiger partial charge in [0, 0.05) is 52.0 Å². The van der Waals surface area contributed by atoms with E-state index in [9.17, 15) is 14.4 Å². The number of carbonyl (C=O) groups is 3. The Kier molecular flexibility index (Phi) is 8.98. The fraction of sp³-hybridized carbons (Fsp3) is 0.300.